The van der Waals surface area contributed by atoms with Gasteiger partial charge in [0.2, 0.25) is 0 Å². The molecular weight excluding hydrogens is 873 g/mol. The molecule has 0 spiro atoms. The predicted molar refractivity (Wildman–Crippen MR) is 300 cm³/mol. The second-order valence-corrected chi connectivity index (χ2v) is 18.4. The van der Waals surface area contributed by atoms with Gasteiger partial charge in [-0.05, 0) is 121 Å². The minimum atomic E-state index is 0.865. The number of hydrogen-bond donors (Lipinski definition) is 0. The van der Waals surface area contributed by atoms with Crippen LogP contribution >= 0.6 is 0 Å². The van der Waals surface area contributed by atoms with Crippen molar-refractivity contribution in [2.45, 2.75) is 0 Å². The van der Waals surface area contributed by atoms with Gasteiger partial charge in [-0.15, -0.1) is 0 Å². The fraction of sp³-hybridized carbons (Fsp3) is 0. The third-order valence-electron chi connectivity index (χ3n) is 13.9. The summed E-state index contributed by atoms with van der Waals surface area (Å²) in [6.07, 6.45) is 0. The first-order valence-electron chi connectivity index (χ1n) is 24.5. The second-order valence-electron chi connectivity index (χ2n) is 18.4. The first-order valence-corrected chi connectivity index (χ1v) is 24.5. The van der Waals surface area contributed by atoms with E-state index in [2.05, 4.69) is 267 Å². The van der Waals surface area contributed by atoms with E-state index in [9.17, 15) is 0 Å². The SMILES string of the molecule is c1ccc(-c2cc(-c3cccc(-c4cccc(-c5ccc6c(-c7ccccc7)c(-c7ccccc7)oc6c5)c4)c3)cc(-c3cccc(-c4cccc5c(-c6ccccc6)c(-c6ccccc6)oc45)c3)c2)cc1. The fourth-order valence-corrected chi connectivity index (χ4v) is 10.4. The molecule has 2 heteroatoms. The van der Waals surface area contributed by atoms with E-state index in [1.54, 1.807) is 0 Å². The fourth-order valence-electron chi connectivity index (χ4n) is 10.4. The van der Waals surface area contributed by atoms with Crippen LogP contribution < -0.4 is 0 Å². The molecule has 13 rings (SSSR count). The van der Waals surface area contributed by atoms with Crippen LogP contribution in [0.4, 0.5) is 0 Å². The van der Waals surface area contributed by atoms with Crippen LogP contribution in [0.15, 0.2) is 288 Å². The van der Waals surface area contributed by atoms with Crippen molar-refractivity contribution < 1.29 is 8.83 Å². The van der Waals surface area contributed by atoms with Gasteiger partial charge in [-0.3, -0.25) is 0 Å². The molecule has 0 aliphatic heterocycles. The van der Waals surface area contributed by atoms with Gasteiger partial charge in [0.1, 0.15) is 22.7 Å². The monoisotopic (exact) mass is 918 g/mol. The van der Waals surface area contributed by atoms with Crippen LogP contribution in [0, 0.1) is 0 Å². The van der Waals surface area contributed by atoms with E-state index >= 15 is 0 Å². The van der Waals surface area contributed by atoms with Crippen molar-refractivity contribution in [2.75, 3.05) is 0 Å². The number of hydrogen-bond acceptors (Lipinski definition) is 2. The maximum Gasteiger partial charge on any atom is 0.143 e. The van der Waals surface area contributed by atoms with E-state index in [4.69, 9.17) is 8.83 Å². The Balaban J connectivity index is 0.876. The summed E-state index contributed by atoms with van der Waals surface area (Å²) < 4.78 is 13.7. The Morgan fingerprint density at radius 2 is 0.542 bits per heavy atom. The first-order chi connectivity index (χ1) is 35.7. The highest BCUT2D eigenvalue weighted by Crippen LogP contribution is 2.46. The molecule has 2 heterocycles. The summed E-state index contributed by atoms with van der Waals surface area (Å²) in [4.78, 5) is 0. The molecule has 338 valence electrons. The van der Waals surface area contributed by atoms with Crippen molar-refractivity contribution in [3.8, 4) is 112 Å². The molecular formula is C70H46O2. The first kappa shape index (κ1) is 42.6. The van der Waals surface area contributed by atoms with Gasteiger partial charge in [0.15, 0.2) is 0 Å². The molecule has 72 heavy (non-hydrogen) atoms. The molecule has 2 nitrogen and oxygen atoms in total. The molecule has 0 unspecified atom stereocenters. The van der Waals surface area contributed by atoms with E-state index in [0.717, 1.165) is 128 Å². The zero-order chi connectivity index (χ0) is 47.8. The molecule has 0 amide bonds. The largest absolute Gasteiger partial charge is 0.455 e. The zero-order valence-electron chi connectivity index (χ0n) is 39.4. The quantitative estimate of drug-likeness (QED) is 0.137. The van der Waals surface area contributed by atoms with Gasteiger partial charge in [-0.25, -0.2) is 0 Å². The lowest BCUT2D eigenvalue weighted by atomic mass is 9.90. The molecule has 0 bridgehead atoms. The van der Waals surface area contributed by atoms with Crippen molar-refractivity contribution in [1.29, 1.82) is 0 Å². The minimum Gasteiger partial charge on any atom is -0.455 e. The number of benzene rings is 11. The van der Waals surface area contributed by atoms with Crippen LogP contribution in [-0.2, 0) is 0 Å². The molecule has 0 aliphatic carbocycles. The Labute approximate surface area is 419 Å². The summed E-state index contributed by atoms with van der Waals surface area (Å²) >= 11 is 0. The van der Waals surface area contributed by atoms with E-state index in [1.807, 2.05) is 12.1 Å². The van der Waals surface area contributed by atoms with Crippen LogP contribution in [0.3, 0.4) is 0 Å². The highest BCUT2D eigenvalue weighted by molar-refractivity contribution is 6.07. The number of fused-ring (bicyclic) bond motifs is 2. The van der Waals surface area contributed by atoms with Crippen LogP contribution in [0.2, 0.25) is 0 Å². The highest BCUT2D eigenvalue weighted by atomic mass is 16.3. The van der Waals surface area contributed by atoms with Crippen molar-refractivity contribution >= 4 is 21.9 Å². The van der Waals surface area contributed by atoms with E-state index in [0.29, 0.717) is 0 Å². The average Bonchev–Trinajstić information content (AvgIpc) is 4.06. The average molecular weight is 919 g/mol. The number of para-hydroxylation sites is 1. The maximum atomic E-state index is 6.95. The highest BCUT2D eigenvalue weighted by Gasteiger charge is 2.22. The summed E-state index contributed by atoms with van der Waals surface area (Å²) in [7, 11) is 0. The standard InChI is InChI=1S/C70H46O2/c1-6-20-47(21-7-1)59-43-60(45-61(44-59)56-34-18-35-58(42-56)62-36-19-37-64-67(49-24-10-3-11-25-49)69(72-70(62)64)51-28-14-5-15-29-51)55-33-17-31-53(41-55)52-30-16-32-54(40-52)57-38-39-63-65(46-57)71-68(50-26-12-4-13-27-50)66(63)48-22-8-2-9-23-48/h1-46H. The zero-order valence-corrected chi connectivity index (χ0v) is 39.4. The number of furan rings is 2. The Hall–Kier alpha value is -9.50. The van der Waals surface area contributed by atoms with Crippen LogP contribution in [-0.4, -0.2) is 0 Å². The molecule has 0 radical (unpaired) electrons. The second kappa shape index (κ2) is 18.4. The minimum absolute atomic E-state index is 0.865. The topological polar surface area (TPSA) is 26.3 Å². The predicted octanol–water partition coefficient (Wildman–Crippen LogP) is 19.8. The van der Waals surface area contributed by atoms with Crippen molar-refractivity contribution in [3.63, 3.8) is 0 Å². The van der Waals surface area contributed by atoms with Crippen LogP contribution in [0.25, 0.3) is 134 Å². The smallest absolute Gasteiger partial charge is 0.143 e. The summed E-state index contributed by atoms with van der Waals surface area (Å²) in [6.45, 7) is 0. The van der Waals surface area contributed by atoms with Gasteiger partial charge in [0, 0.05) is 38.6 Å². The molecule has 0 atom stereocenters. The summed E-state index contributed by atoms with van der Waals surface area (Å²) in [5, 5.41) is 2.19. The summed E-state index contributed by atoms with van der Waals surface area (Å²) in [5.74, 6) is 1.76. The number of rotatable bonds is 10. The Morgan fingerprint density at radius 3 is 1.06 bits per heavy atom. The lowest BCUT2D eigenvalue weighted by molar-refractivity contribution is 0.632. The molecule has 11 aromatic carbocycles. The van der Waals surface area contributed by atoms with Crippen molar-refractivity contribution in [2.24, 2.45) is 0 Å². The van der Waals surface area contributed by atoms with E-state index in [-0.39, 0.29) is 0 Å². The normalized spacial score (nSPS) is 11.3. The molecule has 2 aromatic heterocycles. The Kier molecular flexibility index (Phi) is 10.9. The summed E-state index contributed by atoms with van der Waals surface area (Å²) in [6, 6.07) is 99.4. The molecule has 0 saturated heterocycles. The van der Waals surface area contributed by atoms with Crippen molar-refractivity contribution in [3.05, 3.63) is 279 Å². The van der Waals surface area contributed by atoms with E-state index in [1.165, 1.54) is 5.56 Å². The Morgan fingerprint density at radius 1 is 0.194 bits per heavy atom. The summed E-state index contributed by atoms with van der Waals surface area (Å²) in [5.41, 5.74) is 21.9. The van der Waals surface area contributed by atoms with Gasteiger partial charge < -0.3 is 8.83 Å². The Bertz CT molecular complexity index is 4050. The third kappa shape index (κ3) is 8.01. The van der Waals surface area contributed by atoms with Gasteiger partial charge in [-0.2, -0.15) is 0 Å². The van der Waals surface area contributed by atoms with E-state index < -0.39 is 0 Å². The van der Waals surface area contributed by atoms with Gasteiger partial charge in [0.25, 0.3) is 0 Å². The van der Waals surface area contributed by atoms with Crippen LogP contribution in [0.5, 0.6) is 0 Å². The molecule has 0 saturated carbocycles. The molecule has 0 fully saturated rings. The van der Waals surface area contributed by atoms with Gasteiger partial charge in [-0.1, -0.05) is 231 Å². The maximum absolute atomic E-state index is 6.95. The molecule has 13 aromatic rings. The molecule has 0 N–H and O–H groups in total. The molecule has 0 aliphatic rings. The van der Waals surface area contributed by atoms with Gasteiger partial charge in [0.05, 0.1) is 0 Å². The van der Waals surface area contributed by atoms with Crippen molar-refractivity contribution in [1.82, 2.24) is 0 Å². The van der Waals surface area contributed by atoms with Gasteiger partial charge >= 0.3 is 0 Å². The lowest BCUT2D eigenvalue weighted by Gasteiger charge is -2.14. The van der Waals surface area contributed by atoms with Crippen LogP contribution in [0.1, 0.15) is 0 Å². The third-order valence-corrected chi connectivity index (χ3v) is 13.9. The lowest BCUT2D eigenvalue weighted by Crippen LogP contribution is -1.88.